The molecule has 1 fully saturated rings. The number of ketones is 2. The summed E-state index contributed by atoms with van der Waals surface area (Å²) in [5.74, 6) is 0.0727. The highest BCUT2D eigenvalue weighted by atomic mass is 16.2. The average molecular weight is 318 g/mol. The van der Waals surface area contributed by atoms with Crippen molar-refractivity contribution in [3.63, 3.8) is 0 Å². The molecule has 0 spiro atoms. The molecule has 23 heavy (non-hydrogen) atoms. The van der Waals surface area contributed by atoms with Crippen molar-refractivity contribution in [2.24, 2.45) is 0 Å². The third kappa shape index (κ3) is 3.78. The third-order valence-corrected chi connectivity index (χ3v) is 4.98. The first-order chi connectivity index (χ1) is 10.8. The normalized spacial score (nSPS) is 20.6. The minimum atomic E-state index is -0.0394. The summed E-state index contributed by atoms with van der Waals surface area (Å²) in [6, 6.07) is 0. The Morgan fingerprint density at radius 1 is 0.913 bits per heavy atom. The number of Topliss-reactive ketones (excluding diaryl/α,β-unsaturated/α-hetero) is 2. The van der Waals surface area contributed by atoms with E-state index in [1.54, 1.807) is 20.8 Å². The molecular weight excluding hydrogens is 292 g/mol. The highest BCUT2D eigenvalue weighted by Gasteiger charge is 2.27. The van der Waals surface area contributed by atoms with Gasteiger partial charge in [0.05, 0.1) is 0 Å². The summed E-state index contributed by atoms with van der Waals surface area (Å²) in [6.07, 6.45) is 1.55. The number of amides is 1. The van der Waals surface area contributed by atoms with Gasteiger partial charge < -0.3 is 9.80 Å². The van der Waals surface area contributed by atoms with Crippen molar-refractivity contribution < 1.29 is 14.4 Å². The Kier molecular flexibility index (Phi) is 5.52. The molecule has 0 aromatic carbocycles. The van der Waals surface area contributed by atoms with Crippen molar-refractivity contribution in [3.05, 3.63) is 22.3 Å². The predicted octanol–water partition coefficient (Wildman–Crippen LogP) is 1.74. The molecule has 0 bridgehead atoms. The van der Waals surface area contributed by atoms with Gasteiger partial charge in [0.1, 0.15) is 0 Å². The van der Waals surface area contributed by atoms with Crippen molar-refractivity contribution >= 4 is 17.5 Å². The standard InChI is InChI=1S/C18H26N2O3/c1-12-13(2)18(23)15(14(3)17(12)22)6-5-7-16(21)20-10-8-19(4)9-11-20/h5-11H2,1-4H3. The maximum Gasteiger partial charge on any atom is 0.222 e. The number of carbonyl (C=O) groups excluding carboxylic acids is 3. The highest BCUT2D eigenvalue weighted by Crippen LogP contribution is 2.27. The van der Waals surface area contributed by atoms with E-state index in [2.05, 4.69) is 11.9 Å². The van der Waals surface area contributed by atoms with Gasteiger partial charge in [0.15, 0.2) is 11.6 Å². The third-order valence-electron chi connectivity index (χ3n) is 4.98. The number of piperazine rings is 1. The van der Waals surface area contributed by atoms with E-state index in [9.17, 15) is 14.4 Å². The van der Waals surface area contributed by atoms with Gasteiger partial charge in [-0.25, -0.2) is 0 Å². The van der Waals surface area contributed by atoms with Crippen LogP contribution in [0.4, 0.5) is 0 Å². The average Bonchev–Trinajstić information content (AvgIpc) is 2.54. The summed E-state index contributed by atoms with van der Waals surface area (Å²) in [6.45, 7) is 8.49. The van der Waals surface area contributed by atoms with E-state index in [4.69, 9.17) is 0 Å². The Balaban J connectivity index is 1.90. The van der Waals surface area contributed by atoms with Gasteiger partial charge in [-0.05, 0) is 40.7 Å². The summed E-state index contributed by atoms with van der Waals surface area (Å²) in [5, 5.41) is 0. The quantitative estimate of drug-likeness (QED) is 0.741. The van der Waals surface area contributed by atoms with E-state index >= 15 is 0 Å². The topological polar surface area (TPSA) is 57.7 Å². The van der Waals surface area contributed by atoms with Crippen LogP contribution < -0.4 is 0 Å². The van der Waals surface area contributed by atoms with Crippen molar-refractivity contribution in [1.29, 1.82) is 0 Å². The zero-order chi connectivity index (χ0) is 17.1. The maximum atomic E-state index is 12.3. The van der Waals surface area contributed by atoms with Crippen LogP contribution in [0.2, 0.25) is 0 Å². The highest BCUT2D eigenvalue weighted by molar-refractivity contribution is 6.24. The molecule has 0 unspecified atom stereocenters. The van der Waals surface area contributed by atoms with Crippen LogP contribution in [0.3, 0.4) is 0 Å². The summed E-state index contributed by atoms with van der Waals surface area (Å²) >= 11 is 0. The molecule has 5 heteroatoms. The molecule has 0 atom stereocenters. The lowest BCUT2D eigenvalue weighted by Crippen LogP contribution is -2.47. The fraction of sp³-hybridized carbons (Fsp3) is 0.611. The number of carbonyl (C=O) groups is 3. The zero-order valence-corrected chi connectivity index (χ0v) is 14.6. The van der Waals surface area contributed by atoms with Crippen LogP contribution in [-0.4, -0.2) is 60.5 Å². The van der Waals surface area contributed by atoms with Gasteiger partial charge in [-0.1, -0.05) is 0 Å². The minimum Gasteiger partial charge on any atom is -0.340 e. The Hall–Kier alpha value is -1.75. The Morgan fingerprint density at radius 3 is 2.09 bits per heavy atom. The van der Waals surface area contributed by atoms with Crippen LogP contribution in [-0.2, 0) is 14.4 Å². The summed E-state index contributed by atoms with van der Waals surface area (Å²) in [7, 11) is 2.06. The summed E-state index contributed by atoms with van der Waals surface area (Å²) in [4.78, 5) is 40.8. The second-order valence-corrected chi connectivity index (χ2v) is 6.55. The number of likely N-dealkylation sites (N-methyl/N-ethyl adjacent to an activating group) is 1. The van der Waals surface area contributed by atoms with Gasteiger partial charge >= 0.3 is 0 Å². The molecule has 1 aliphatic carbocycles. The van der Waals surface area contributed by atoms with Crippen LogP contribution in [0.1, 0.15) is 40.0 Å². The first-order valence-electron chi connectivity index (χ1n) is 8.26. The van der Waals surface area contributed by atoms with Gasteiger partial charge in [-0.3, -0.25) is 14.4 Å². The van der Waals surface area contributed by atoms with Crippen LogP contribution in [0.5, 0.6) is 0 Å². The van der Waals surface area contributed by atoms with Crippen LogP contribution >= 0.6 is 0 Å². The molecule has 0 aromatic heterocycles. The van der Waals surface area contributed by atoms with Crippen molar-refractivity contribution in [2.75, 3.05) is 33.2 Å². The largest absolute Gasteiger partial charge is 0.340 e. The van der Waals surface area contributed by atoms with Gasteiger partial charge in [0.2, 0.25) is 5.91 Å². The SMILES string of the molecule is CC1=C(C)C(=O)C(CCCC(=O)N2CCN(C)CC2)=C(C)C1=O. The second-order valence-electron chi connectivity index (χ2n) is 6.55. The minimum absolute atomic E-state index is 0.0355. The lowest BCUT2D eigenvalue weighted by Gasteiger charge is -2.32. The zero-order valence-electron chi connectivity index (χ0n) is 14.6. The van der Waals surface area contributed by atoms with Crippen molar-refractivity contribution in [1.82, 2.24) is 9.80 Å². The fourth-order valence-electron chi connectivity index (χ4n) is 3.09. The van der Waals surface area contributed by atoms with E-state index in [1.165, 1.54) is 0 Å². The number of rotatable bonds is 4. The molecule has 1 saturated heterocycles. The summed E-state index contributed by atoms with van der Waals surface area (Å²) in [5.41, 5.74) is 2.22. The molecule has 5 nitrogen and oxygen atoms in total. The monoisotopic (exact) mass is 318 g/mol. The van der Waals surface area contributed by atoms with E-state index in [0.717, 1.165) is 26.2 Å². The molecule has 2 rings (SSSR count). The number of nitrogens with zero attached hydrogens (tertiary/aromatic N) is 2. The smallest absolute Gasteiger partial charge is 0.222 e. The molecule has 0 aromatic rings. The molecule has 2 aliphatic rings. The lowest BCUT2D eigenvalue weighted by molar-refractivity contribution is -0.132. The van der Waals surface area contributed by atoms with E-state index in [1.807, 2.05) is 4.90 Å². The maximum absolute atomic E-state index is 12.3. The predicted molar refractivity (Wildman–Crippen MR) is 89.0 cm³/mol. The Morgan fingerprint density at radius 2 is 1.48 bits per heavy atom. The van der Waals surface area contributed by atoms with Gasteiger partial charge in [-0.15, -0.1) is 0 Å². The molecule has 0 N–H and O–H groups in total. The molecule has 1 aliphatic heterocycles. The first kappa shape index (κ1) is 17.6. The lowest BCUT2D eigenvalue weighted by atomic mass is 9.84. The molecule has 126 valence electrons. The van der Waals surface area contributed by atoms with Gasteiger partial charge in [0.25, 0.3) is 0 Å². The molecular formula is C18H26N2O3. The molecule has 0 saturated carbocycles. The van der Waals surface area contributed by atoms with Crippen LogP contribution in [0.25, 0.3) is 0 Å². The van der Waals surface area contributed by atoms with E-state index in [-0.39, 0.29) is 17.5 Å². The molecule has 1 amide bonds. The van der Waals surface area contributed by atoms with Crippen molar-refractivity contribution in [2.45, 2.75) is 40.0 Å². The number of hydrogen-bond acceptors (Lipinski definition) is 4. The molecule has 1 heterocycles. The van der Waals surface area contributed by atoms with Crippen LogP contribution in [0.15, 0.2) is 22.3 Å². The van der Waals surface area contributed by atoms with Crippen molar-refractivity contribution in [3.8, 4) is 0 Å². The van der Waals surface area contributed by atoms with Gasteiger partial charge in [0, 0.05) is 54.9 Å². The number of allylic oxidation sites excluding steroid dienone is 4. The Bertz CT molecular complexity index is 593. The first-order valence-corrected chi connectivity index (χ1v) is 8.26. The number of hydrogen-bond donors (Lipinski definition) is 0. The van der Waals surface area contributed by atoms with Gasteiger partial charge in [-0.2, -0.15) is 0 Å². The molecule has 0 radical (unpaired) electrons. The summed E-state index contributed by atoms with van der Waals surface area (Å²) < 4.78 is 0. The van der Waals surface area contributed by atoms with Crippen LogP contribution in [0, 0.1) is 0 Å². The fourth-order valence-corrected chi connectivity index (χ4v) is 3.09. The van der Waals surface area contributed by atoms with E-state index in [0.29, 0.717) is 41.6 Å². The van der Waals surface area contributed by atoms with E-state index < -0.39 is 0 Å². The Labute approximate surface area is 138 Å². The second kappa shape index (κ2) is 7.21.